The minimum atomic E-state index is -0.139. The third kappa shape index (κ3) is 2.33. The average Bonchev–Trinajstić information content (AvgIpc) is 3.05. The minimum Gasteiger partial charge on any atom is -0.482 e. The number of hydrogen-bond donors (Lipinski definition) is 1. The monoisotopic (exact) mass is 309 g/mol. The quantitative estimate of drug-likeness (QED) is 0.789. The molecule has 1 N–H and O–H groups in total. The summed E-state index contributed by atoms with van der Waals surface area (Å²) in [4.78, 5) is 20.2. The maximum Gasteiger partial charge on any atom is 0.262 e. The zero-order valence-electron chi connectivity index (χ0n) is 11.4. The van der Waals surface area contributed by atoms with Crippen molar-refractivity contribution >= 4 is 22.9 Å². The molecule has 0 fully saturated rings. The van der Waals surface area contributed by atoms with Crippen LogP contribution in [0, 0.1) is 0 Å². The molecule has 0 saturated carbocycles. The number of rotatable bonds is 2. The summed E-state index contributed by atoms with van der Waals surface area (Å²) in [7, 11) is 0. The van der Waals surface area contributed by atoms with Gasteiger partial charge < -0.3 is 10.1 Å². The van der Waals surface area contributed by atoms with Gasteiger partial charge in [0.25, 0.3) is 5.91 Å². The lowest BCUT2D eigenvalue weighted by molar-refractivity contribution is -0.118. The van der Waals surface area contributed by atoms with Crippen molar-refractivity contribution in [3.8, 4) is 27.6 Å². The van der Waals surface area contributed by atoms with E-state index in [9.17, 15) is 4.79 Å². The van der Waals surface area contributed by atoms with Crippen molar-refractivity contribution < 1.29 is 9.53 Å². The predicted octanol–water partition coefficient (Wildman–Crippen LogP) is 3.20. The summed E-state index contributed by atoms with van der Waals surface area (Å²) >= 11 is 1.56. The van der Waals surface area contributed by atoms with Gasteiger partial charge in [-0.05, 0) is 30.3 Å². The molecule has 3 aromatic rings. The first-order valence-corrected chi connectivity index (χ1v) is 7.60. The molecule has 0 spiro atoms. The van der Waals surface area contributed by atoms with Crippen molar-refractivity contribution in [2.45, 2.75) is 0 Å². The fraction of sp³-hybridized carbons (Fsp3) is 0.0625. The fourth-order valence-corrected chi connectivity index (χ4v) is 3.10. The Morgan fingerprint density at radius 3 is 3.05 bits per heavy atom. The molecule has 0 saturated heterocycles. The van der Waals surface area contributed by atoms with Crippen LogP contribution in [0.3, 0.4) is 0 Å². The van der Waals surface area contributed by atoms with Crippen molar-refractivity contribution in [3.63, 3.8) is 0 Å². The van der Waals surface area contributed by atoms with Crippen LogP contribution in [0.5, 0.6) is 5.75 Å². The Balaban J connectivity index is 1.70. The Labute approximate surface area is 130 Å². The molecule has 0 atom stereocenters. The van der Waals surface area contributed by atoms with Crippen LogP contribution in [-0.2, 0) is 4.79 Å². The second-order valence-electron chi connectivity index (χ2n) is 4.83. The van der Waals surface area contributed by atoms with Gasteiger partial charge in [0.15, 0.2) is 6.61 Å². The van der Waals surface area contributed by atoms with E-state index in [2.05, 4.69) is 15.3 Å². The van der Waals surface area contributed by atoms with Gasteiger partial charge in [-0.3, -0.25) is 9.78 Å². The number of pyridine rings is 1. The summed E-state index contributed by atoms with van der Waals surface area (Å²) in [5.41, 5.74) is 3.52. The first-order chi connectivity index (χ1) is 10.8. The number of amides is 1. The summed E-state index contributed by atoms with van der Waals surface area (Å²) in [5, 5.41) is 5.70. The Kier molecular flexibility index (Phi) is 3.08. The standard InChI is InChI=1S/C16H11N3O2S/c20-15-8-21-14-4-3-10(6-12(14)18-15)16-19-13(9-22-16)11-2-1-5-17-7-11/h1-7,9H,8H2,(H,18,20). The highest BCUT2D eigenvalue weighted by Gasteiger charge is 2.17. The number of anilines is 1. The highest BCUT2D eigenvalue weighted by atomic mass is 32.1. The van der Waals surface area contributed by atoms with E-state index in [-0.39, 0.29) is 12.5 Å². The van der Waals surface area contributed by atoms with Crippen LogP contribution >= 0.6 is 11.3 Å². The third-order valence-electron chi connectivity index (χ3n) is 3.32. The number of ether oxygens (including phenoxy) is 1. The molecule has 0 aliphatic carbocycles. The number of aromatic nitrogens is 2. The first kappa shape index (κ1) is 13.0. The molecule has 108 valence electrons. The molecule has 5 nitrogen and oxygen atoms in total. The molecular weight excluding hydrogens is 298 g/mol. The van der Waals surface area contributed by atoms with E-state index < -0.39 is 0 Å². The molecule has 0 unspecified atom stereocenters. The number of benzene rings is 1. The summed E-state index contributed by atoms with van der Waals surface area (Å²) in [6.07, 6.45) is 3.53. The van der Waals surface area contributed by atoms with Gasteiger partial charge in [-0.2, -0.15) is 0 Å². The van der Waals surface area contributed by atoms with E-state index in [0.29, 0.717) is 11.4 Å². The molecule has 0 bridgehead atoms. The molecule has 3 heterocycles. The molecule has 6 heteroatoms. The maximum absolute atomic E-state index is 11.4. The number of carbonyl (C=O) groups excluding carboxylic acids is 1. The summed E-state index contributed by atoms with van der Waals surface area (Å²) in [6.45, 7) is 0.0642. The van der Waals surface area contributed by atoms with Crippen LogP contribution in [-0.4, -0.2) is 22.5 Å². The lowest BCUT2D eigenvalue weighted by atomic mass is 10.1. The SMILES string of the molecule is O=C1COc2ccc(-c3nc(-c4cccnc4)cs3)cc2N1. The highest BCUT2D eigenvalue weighted by molar-refractivity contribution is 7.13. The van der Waals surface area contributed by atoms with Gasteiger partial charge in [0, 0.05) is 28.9 Å². The van der Waals surface area contributed by atoms with Gasteiger partial charge in [-0.15, -0.1) is 11.3 Å². The molecule has 1 aliphatic rings. The Morgan fingerprint density at radius 2 is 2.18 bits per heavy atom. The topological polar surface area (TPSA) is 64.1 Å². The predicted molar refractivity (Wildman–Crippen MR) is 84.9 cm³/mol. The lowest BCUT2D eigenvalue weighted by Crippen LogP contribution is -2.25. The van der Waals surface area contributed by atoms with Gasteiger partial charge in [0.05, 0.1) is 11.4 Å². The van der Waals surface area contributed by atoms with Crippen LogP contribution in [0.4, 0.5) is 5.69 Å². The van der Waals surface area contributed by atoms with Gasteiger partial charge >= 0.3 is 0 Å². The molecule has 4 rings (SSSR count). The smallest absolute Gasteiger partial charge is 0.262 e. The Bertz CT molecular complexity index is 846. The van der Waals surface area contributed by atoms with E-state index in [0.717, 1.165) is 21.8 Å². The zero-order chi connectivity index (χ0) is 14.9. The lowest BCUT2D eigenvalue weighted by Gasteiger charge is -2.18. The second-order valence-corrected chi connectivity index (χ2v) is 5.69. The highest BCUT2D eigenvalue weighted by Crippen LogP contribution is 2.35. The van der Waals surface area contributed by atoms with Crippen molar-refractivity contribution in [2.75, 3.05) is 11.9 Å². The number of nitrogens with one attached hydrogen (secondary N) is 1. The first-order valence-electron chi connectivity index (χ1n) is 6.72. The average molecular weight is 309 g/mol. The number of fused-ring (bicyclic) bond motifs is 1. The van der Waals surface area contributed by atoms with Crippen LogP contribution in [0.1, 0.15) is 0 Å². The molecule has 0 radical (unpaired) electrons. The Hall–Kier alpha value is -2.73. The molecule has 1 amide bonds. The van der Waals surface area contributed by atoms with Crippen molar-refractivity contribution in [3.05, 3.63) is 48.1 Å². The molecule has 1 aromatic carbocycles. The van der Waals surface area contributed by atoms with Gasteiger partial charge in [-0.25, -0.2) is 4.98 Å². The van der Waals surface area contributed by atoms with Gasteiger partial charge in [0.2, 0.25) is 0 Å². The van der Waals surface area contributed by atoms with Gasteiger partial charge in [-0.1, -0.05) is 0 Å². The zero-order valence-corrected chi connectivity index (χ0v) is 12.3. The van der Waals surface area contributed by atoms with E-state index >= 15 is 0 Å². The van der Waals surface area contributed by atoms with Crippen molar-refractivity contribution in [1.82, 2.24) is 9.97 Å². The number of hydrogen-bond acceptors (Lipinski definition) is 5. The fourth-order valence-electron chi connectivity index (χ4n) is 2.27. The van der Waals surface area contributed by atoms with Crippen molar-refractivity contribution in [2.24, 2.45) is 0 Å². The van der Waals surface area contributed by atoms with Crippen LogP contribution in [0.25, 0.3) is 21.8 Å². The maximum atomic E-state index is 11.4. The largest absolute Gasteiger partial charge is 0.482 e. The van der Waals surface area contributed by atoms with Crippen LogP contribution in [0.2, 0.25) is 0 Å². The number of carbonyl (C=O) groups is 1. The molecule has 22 heavy (non-hydrogen) atoms. The van der Waals surface area contributed by atoms with Crippen molar-refractivity contribution in [1.29, 1.82) is 0 Å². The molecule has 2 aromatic heterocycles. The van der Waals surface area contributed by atoms with E-state index in [1.54, 1.807) is 23.7 Å². The minimum absolute atomic E-state index is 0.0642. The normalized spacial score (nSPS) is 13.2. The summed E-state index contributed by atoms with van der Waals surface area (Å²) in [6, 6.07) is 9.56. The van der Waals surface area contributed by atoms with E-state index in [1.807, 2.05) is 35.7 Å². The third-order valence-corrected chi connectivity index (χ3v) is 4.21. The Morgan fingerprint density at radius 1 is 1.23 bits per heavy atom. The van der Waals surface area contributed by atoms with Crippen LogP contribution in [0.15, 0.2) is 48.1 Å². The molecular formula is C16H11N3O2S. The van der Waals surface area contributed by atoms with E-state index in [1.165, 1.54) is 0 Å². The number of nitrogens with zero attached hydrogens (tertiary/aromatic N) is 2. The van der Waals surface area contributed by atoms with E-state index in [4.69, 9.17) is 4.74 Å². The summed E-state index contributed by atoms with van der Waals surface area (Å²) < 4.78 is 5.36. The second kappa shape index (κ2) is 5.23. The molecule has 1 aliphatic heterocycles. The van der Waals surface area contributed by atoms with Gasteiger partial charge in [0.1, 0.15) is 10.8 Å². The number of thiazole rings is 1. The summed E-state index contributed by atoms with van der Waals surface area (Å²) in [5.74, 6) is 0.548. The van der Waals surface area contributed by atoms with Crippen LogP contribution < -0.4 is 10.1 Å².